The second kappa shape index (κ2) is 6.47. The molecule has 96 valence electrons. The van der Waals surface area contributed by atoms with Crippen molar-refractivity contribution in [3.05, 3.63) is 23.3 Å². The molecule has 1 aromatic rings. The monoisotopic (exact) mass is 239 g/mol. The standard InChI is InChI=1S/C13H21NO3/c1-10-12(16-3)6-5-11(13(10)17-4)7-8-14(2)9-15/h5-6,15H,7-9H2,1-4H3. The van der Waals surface area contributed by atoms with E-state index in [-0.39, 0.29) is 6.73 Å². The van der Waals surface area contributed by atoms with Gasteiger partial charge in [-0.3, -0.25) is 4.90 Å². The average molecular weight is 239 g/mol. The summed E-state index contributed by atoms with van der Waals surface area (Å²) < 4.78 is 10.7. The Hall–Kier alpha value is -1.26. The van der Waals surface area contributed by atoms with Gasteiger partial charge in [0, 0.05) is 12.1 Å². The number of hydrogen-bond donors (Lipinski definition) is 1. The predicted octanol–water partition coefficient (Wildman–Crippen LogP) is 1.44. The Balaban J connectivity index is 2.88. The minimum Gasteiger partial charge on any atom is -0.496 e. The van der Waals surface area contributed by atoms with Gasteiger partial charge in [-0.05, 0) is 32.0 Å². The number of ether oxygens (including phenoxy) is 2. The highest BCUT2D eigenvalue weighted by atomic mass is 16.5. The molecule has 0 saturated heterocycles. The molecule has 0 aliphatic carbocycles. The Morgan fingerprint density at radius 3 is 2.47 bits per heavy atom. The Kier molecular flexibility index (Phi) is 5.25. The van der Waals surface area contributed by atoms with Crippen LogP contribution in [0.3, 0.4) is 0 Å². The molecule has 0 radical (unpaired) electrons. The van der Waals surface area contributed by atoms with E-state index >= 15 is 0 Å². The van der Waals surface area contributed by atoms with Gasteiger partial charge in [-0.25, -0.2) is 0 Å². The minimum absolute atomic E-state index is 0.0669. The quantitative estimate of drug-likeness (QED) is 0.763. The van der Waals surface area contributed by atoms with E-state index in [9.17, 15) is 0 Å². The normalized spacial score (nSPS) is 10.7. The molecule has 0 spiro atoms. The maximum atomic E-state index is 8.95. The van der Waals surface area contributed by atoms with Crippen LogP contribution in [0.2, 0.25) is 0 Å². The minimum atomic E-state index is 0.0669. The lowest BCUT2D eigenvalue weighted by Crippen LogP contribution is -2.22. The topological polar surface area (TPSA) is 41.9 Å². The van der Waals surface area contributed by atoms with Crippen molar-refractivity contribution < 1.29 is 14.6 Å². The van der Waals surface area contributed by atoms with Crippen LogP contribution in [0.15, 0.2) is 12.1 Å². The lowest BCUT2D eigenvalue weighted by Gasteiger charge is -2.17. The molecule has 0 aliphatic rings. The summed E-state index contributed by atoms with van der Waals surface area (Å²) in [6.07, 6.45) is 0.838. The van der Waals surface area contributed by atoms with Gasteiger partial charge in [0.15, 0.2) is 0 Å². The van der Waals surface area contributed by atoms with E-state index < -0.39 is 0 Å². The van der Waals surface area contributed by atoms with Crippen LogP contribution in [0, 0.1) is 6.92 Å². The predicted molar refractivity (Wildman–Crippen MR) is 67.7 cm³/mol. The van der Waals surface area contributed by atoms with Gasteiger partial charge >= 0.3 is 0 Å². The van der Waals surface area contributed by atoms with E-state index in [1.165, 1.54) is 0 Å². The van der Waals surface area contributed by atoms with E-state index in [4.69, 9.17) is 14.6 Å². The van der Waals surface area contributed by atoms with Crippen molar-refractivity contribution in [2.24, 2.45) is 0 Å². The van der Waals surface area contributed by atoms with Crippen molar-refractivity contribution in [2.75, 3.05) is 34.5 Å². The van der Waals surface area contributed by atoms with E-state index in [1.54, 1.807) is 14.2 Å². The number of methoxy groups -OCH3 is 2. The smallest absolute Gasteiger partial charge is 0.128 e. The molecule has 1 N–H and O–H groups in total. The summed E-state index contributed by atoms with van der Waals surface area (Å²) in [4.78, 5) is 1.85. The van der Waals surface area contributed by atoms with Crippen LogP contribution in [0.25, 0.3) is 0 Å². The van der Waals surface area contributed by atoms with Crippen LogP contribution in [0.1, 0.15) is 11.1 Å². The molecular formula is C13H21NO3. The maximum Gasteiger partial charge on any atom is 0.128 e. The summed E-state index contributed by atoms with van der Waals surface area (Å²) in [5.41, 5.74) is 2.14. The maximum absolute atomic E-state index is 8.95. The Bertz CT molecular complexity index is 366. The van der Waals surface area contributed by atoms with Crippen molar-refractivity contribution in [2.45, 2.75) is 13.3 Å². The van der Waals surface area contributed by atoms with Crippen LogP contribution in [0.5, 0.6) is 11.5 Å². The number of aliphatic hydroxyl groups is 1. The van der Waals surface area contributed by atoms with Crippen LogP contribution < -0.4 is 9.47 Å². The van der Waals surface area contributed by atoms with Crippen molar-refractivity contribution >= 4 is 0 Å². The largest absolute Gasteiger partial charge is 0.496 e. The Morgan fingerprint density at radius 2 is 1.94 bits per heavy atom. The highest BCUT2D eigenvalue weighted by molar-refractivity contribution is 5.49. The van der Waals surface area contributed by atoms with Gasteiger partial charge in [0.2, 0.25) is 0 Å². The first-order valence-electron chi connectivity index (χ1n) is 5.63. The van der Waals surface area contributed by atoms with Crippen molar-refractivity contribution in [3.8, 4) is 11.5 Å². The van der Waals surface area contributed by atoms with Gasteiger partial charge < -0.3 is 14.6 Å². The molecule has 4 heteroatoms. The molecule has 0 saturated carbocycles. The summed E-state index contributed by atoms with van der Waals surface area (Å²) in [5, 5.41) is 8.95. The Labute approximate surface area is 103 Å². The summed E-state index contributed by atoms with van der Waals surface area (Å²) in [6.45, 7) is 2.84. The summed E-state index contributed by atoms with van der Waals surface area (Å²) >= 11 is 0. The number of aliphatic hydroxyl groups excluding tert-OH is 1. The van der Waals surface area contributed by atoms with Gasteiger partial charge in [0.1, 0.15) is 11.5 Å². The van der Waals surface area contributed by atoms with Crippen LogP contribution >= 0.6 is 0 Å². The van der Waals surface area contributed by atoms with E-state index in [1.807, 2.05) is 31.0 Å². The first-order chi connectivity index (χ1) is 8.13. The van der Waals surface area contributed by atoms with Crippen LogP contribution in [0.4, 0.5) is 0 Å². The molecule has 0 bridgehead atoms. The van der Waals surface area contributed by atoms with Crippen molar-refractivity contribution in [1.82, 2.24) is 4.90 Å². The highest BCUT2D eigenvalue weighted by Gasteiger charge is 2.11. The third-order valence-corrected chi connectivity index (χ3v) is 2.87. The van der Waals surface area contributed by atoms with Crippen molar-refractivity contribution in [3.63, 3.8) is 0 Å². The number of rotatable bonds is 6. The molecule has 17 heavy (non-hydrogen) atoms. The zero-order valence-corrected chi connectivity index (χ0v) is 11.0. The fraction of sp³-hybridized carbons (Fsp3) is 0.538. The van der Waals surface area contributed by atoms with E-state index in [0.717, 1.165) is 35.6 Å². The van der Waals surface area contributed by atoms with E-state index in [2.05, 4.69) is 0 Å². The number of hydrogen-bond acceptors (Lipinski definition) is 4. The summed E-state index contributed by atoms with van der Waals surface area (Å²) in [5.74, 6) is 1.71. The zero-order chi connectivity index (χ0) is 12.8. The average Bonchev–Trinajstić information content (AvgIpc) is 2.35. The van der Waals surface area contributed by atoms with Gasteiger partial charge in [-0.1, -0.05) is 6.07 Å². The first-order valence-corrected chi connectivity index (χ1v) is 5.63. The molecular weight excluding hydrogens is 218 g/mol. The zero-order valence-electron chi connectivity index (χ0n) is 11.0. The molecule has 0 aromatic heterocycles. The van der Waals surface area contributed by atoms with Gasteiger partial charge in [-0.2, -0.15) is 0 Å². The number of likely N-dealkylation sites (N-methyl/N-ethyl adjacent to an activating group) is 1. The second-order valence-corrected chi connectivity index (χ2v) is 4.06. The number of benzene rings is 1. The number of nitrogens with zero attached hydrogens (tertiary/aromatic N) is 1. The summed E-state index contributed by atoms with van der Waals surface area (Å²) in [6, 6.07) is 3.96. The molecule has 0 amide bonds. The SMILES string of the molecule is COc1ccc(CCN(C)CO)c(OC)c1C. The third kappa shape index (κ3) is 3.35. The molecule has 0 atom stereocenters. The van der Waals surface area contributed by atoms with Crippen molar-refractivity contribution in [1.29, 1.82) is 0 Å². The molecule has 0 fully saturated rings. The van der Waals surface area contributed by atoms with Crippen LogP contribution in [-0.2, 0) is 6.42 Å². The van der Waals surface area contributed by atoms with Gasteiger partial charge in [0.05, 0.1) is 21.0 Å². The summed E-state index contributed by atoms with van der Waals surface area (Å²) in [7, 11) is 5.20. The molecule has 4 nitrogen and oxygen atoms in total. The molecule has 1 rings (SSSR count). The lowest BCUT2D eigenvalue weighted by molar-refractivity contribution is 0.134. The third-order valence-electron chi connectivity index (χ3n) is 2.87. The fourth-order valence-electron chi connectivity index (χ4n) is 1.81. The molecule has 0 aliphatic heterocycles. The molecule has 0 heterocycles. The first kappa shape index (κ1) is 13.8. The van der Waals surface area contributed by atoms with Crippen LogP contribution in [-0.4, -0.2) is 44.5 Å². The molecule has 0 unspecified atom stereocenters. The van der Waals surface area contributed by atoms with Gasteiger partial charge in [0.25, 0.3) is 0 Å². The molecule has 1 aromatic carbocycles. The highest BCUT2D eigenvalue weighted by Crippen LogP contribution is 2.31. The fourth-order valence-corrected chi connectivity index (χ4v) is 1.81. The Morgan fingerprint density at radius 1 is 1.24 bits per heavy atom. The van der Waals surface area contributed by atoms with E-state index in [0.29, 0.717) is 0 Å². The lowest BCUT2D eigenvalue weighted by atomic mass is 10.1. The second-order valence-electron chi connectivity index (χ2n) is 4.06. The van der Waals surface area contributed by atoms with Gasteiger partial charge in [-0.15, -0.1) is 0 Å².